The Balaban J connectivity index is 1.57. The van der Waals surface area contributed by atoms with Gasteiger partial charge in [0.1, 0.15) is 11.3 Å². The van der Waals surface area contributed by atoms with E-state index in [1.54, 1.807) is 6.07 Å². The minimum atomic E-state index is -0.548. The number of rotatable bonds is 4. The van der Waals surface area contributed by atoms with Crippen LogP contribution in [0.25, 0.3) is 11.0 Å². The van der Waals surface area contributed by atoms with Crippen LogP contribution in [0.5, 0.6) is 5.75 Å². The summed E-state index contributed by atoms with van der Waals surface area (Å²) in [7, 11) is 0. The zero-order chi connectivity index (χ0) is 18.7. The highest BCUT2D eigenvalue weighted by molar-refractivity contribution is 9.10. The van der Waals surface area contributed by atoms with Crippen molar-refractivity contribution in [3.05, 3.63) is 63.8 Å². The van der Waals surface area contributed by atoms with Gasteiger partial charge >= 0.3 is 5.91 Å². The van der Waals surface area contributed by atoms with Crippen molar-refractivity contribution in [1.29, 1.82) is 0 Å². The van der Waals surface area contributed by atoms with E-state index in [0.717, 1.165) is 21.0 Å². The molecule has 6 nitrogen and oxygen atoms in total. The van der Waals surface area contributed by atoms with Gasteiger partial charge in [-0.1, -0.05) is 30.3 Å². The molecule has 2 amide bonds. The standard InChI is InChI=1S/C19H17BrN2O4/c1-11-5-3-6-12(2)17(11)25-10-16(23)21-22-19(24)15-9-13-7-4-8-14(20)18(13)26-15/h3-9H,10H2,1-2H3,(H,21,23)(H,22,24). The number of carbonyl (C=O) groups is 2. The van der Waals surface area contributed by atoms with E-state index in [1.165, 1.54) is 0 Å². The molecule has 7 heteroatoms. The number of furan rings is 1. The smallest absolute Gasteiger partial charge is 0.305 e. The number of carbonyl (C=O) groups excluding carboxylic acids is 2. The number of hydrazine groups is 1. The van der Waals surface area contributed by atoms with E-state index in [0.29, 0.717) is 11.3 Å². The highest BCUT2D eigenvalue weighted by Gasteiger charge is 2.15. The molecule has 0 saturated carbocycles. The lowest BCUT2D eigenvalue weighted by atomic mass is 10.1. The third-order valence-electron chi connectivity index (χ3n) is 3.79. The summed E-state index contributed by atoms with van der Waals surface area (Å²) in [5, 5.41) is 0.786. The Labute approximate surface area is 158 Å². The number of ether oxygens (including phenoxy) is 1. The zero-order valence-electron chi connectivity index (χ0n) is 14.3. The van der Waals surface area contributed by atoms with Gasteiger partial charge in [-0.25, -0.2) is 0 Å². The van der Waals surface area contributed by atoms with E-state index in [4.69, 9.17) is 9.15 Å². The van der Waals surface area contributed by atoms with Crippen molar-refractivity contribution in [2.75, 3.05) is 6.61 Å². The van der Waals surface area contributed by atoms with Gasteiger partial charge in [-0.3, -0.25) is 20.4 Å². The summed E-state index contributed by atoms with van der Waals surface area (Å²) in [5.74, 6) is -0.259. The van der Waals surface area contributed by atoms with Crippen molar-refractivity contribution in [3.8, 4) is 5.75 Å². The molecule has 134 valence electrons. The molecule has 0 atom stereocenters. The zero-order valence-corrected chi connectivity index (χ0v) is 15.8. The molecule has 0 fully saturated rings. The first-order chi connectivity index (χ1) is 12.5. The number of para-hydroxylation sites is 2. The summed E-state index contributed by atoms with van der Waals surface area (Å²) in [6, 6.07) is 12.8. The Hall–Kier alpha value is -2.80. The Bertz CT molecular complexity index is 961. The molecule has 0 aliphatic carbocycles. The second-order valence-corrected chi connectivity index (χ2v) is 6.64. The molecule has 0 saturated heterocycles. The minimum absolute atomic E-state index is 0.0999. The van der Waals surface area contributed by atoms with Crippen LogP contribution in [0.2, 0.25) is 0 Å². The van der Waals surface area contributed by atoms with Crippen molar-refractivity contribution >= 4 is 38.7 Å². The Morgan fingerprint density at radius 2 is 1.77 bits per heavy atom. The first-order valence-corrected chi connectivity index (χ1v) is 8.71. The van der Waals surface area contributed by atoms with E-state index < -0.39 is 11.8 Å². The van der Waals surface area contributed by atoms with Crippen LogP contribution in [0.1, 0.15) is 21.7 Å². The molecule has 1 aromatic heterocycles. The van der Waals surface area contributed by atoms with Crippen LogP contribution in [0.4, 0.5) is 0 Å². The van der Waals surface area contributed by atoms with Crippen LogP contribution in [0.15, 0.2) is 51.4 Å². The van der Waals surface area contributed by atoms with Crippen LogP contribution >= 0.6 is 15.9 Å². The van der Waals surface area contributed by atoms with Crippen molar-refractivity contribution in [3.63, 3.8) is 0 Å². The lowest BCUT2D eigenvalue weighted by Crippen LogP contribution is -2.43. The summed E-state index contributed by atoms with van der Waals surface area (Å²) in [6.07, 6.45) is 0. The quantitative estimate of drug-likeness (QED) is 0.636. The van der Waals surface area contributed by atoms with Gasteiger partial charge in [-0.15, -0.1) is 0 Å². The van der Waals surface area contributed by atoms with Gasteiger partial charge in [0.2, 0.25) is 0 Å². The number of nitrogens with one attached hydrogen (secondary N) is 2. The number of hydrogen-bond acceptors (Lipinski definition) is 4. The van der Waals surface area contributed by atoms with E-state index in [-0.39, 0.29) is 12.4 Å². The van der Waals surface area contributed by atoms with Gasteiger partial charge in [0, 0.05) is 5.39 Å². The van der Waals surface area contributed by atoms with Gasteiger partial charge in [0.25, 0.3) is 5.91 Å². The second kappa shape index (κ2) is 7.61. The fourth-order valence-corrected chi connectivity index (χ4v) is 2.99. The summed E-state index contributed by atoms with van der Waals surface area (Å²) in [5.41, 5.74) is 7.08. The van der Waals surface area contributed by atoms with Gasteiger partial charge in [0.05, 0.1) is 4.47 Å². The fourth-order valence-electron chi connectivity index (χ4n) is 2.53. The number of halogens is 1. The van der Waals surface area contributed by atoms with Gasteiger partial charge < -0.3 is 9.15 Å². The fraction of sp³-hybridized carbons (Fsp3) is 0.158. The summed E-state index contributed by atoms with van der Waals surface area (Å²) in [6.45, 7) is 3.60. The highest BCUT2D eigenvalue weighted by Crippen LogP contribution is 2.26. The molecule has 0 bridgehead atoms. The average molecular weight is 417 g/mol. The third-order valence-corrected chi connectivity index (χ3v) is 4.42. The molecule has 26 heavy (non-hydrogen) atoms. The predicted octanol–water partition coefficient (Wildman–Crippen LogP) is 3.65. The molecule has 0 unspecified atom stereocenters. The van der Waals surface area contributed by atoms with Gasteiger partial charge in [-0.05, 0) is 53.0 Å². The Morgan fingerprint density at radius 1 is 1.08 bits per heavy atom. The number of hydrogen-bond donors (Lipinski definition) is 2. The molecule has 2 aromatic carbocycles. The van der Waals surface area contributed by atoms with Crippen molar-refractivity contribution in [1.82, 2.24) is 10.9 Å². The van der Waals surface area contributed by atoms with Gasteiger partial charge in [-0.2, -0.15) is 0 Å². The average Bonchev–Trinajstić information content (AvgIpc) is 3.05. The molecule has 3 rings (SSSR count). The monoisotopic (exact) mass is 416 g/mol. The molecule has 1 heterocycles. The first kappa shape index (κ1) is 18.0. The molecule has 3 aromatic rings. The number of benzene rings is 2. The first-order valence-electron chi connectivity index (χ1n) is 7.92. The van der Waals surface area contributed by atoms with E-state index >= 15 is 0 Å². The molecular weight excluding hydrogens is 400 g/mol. The van der Waals surface area contributed by atoms with Crippen molar-refractivity contribution in [2.45, 2.75) is 13.8 Å². The lowest BCUT2D eigenvalue weighted by molar-refractivity contribution is -0.123. The molecular formula is C19H17BrN2O4. The molecule has 0 radical (unpaired) electrons. The van der Waals surface area contributed by atoms with E-state index in [9.17, 15) is 9.59 Å². The van der Waals surface area contributed by atoms with Crippen LogP contribution in [0, 0.1) is 13.8 Å². The lowest BCUT2D eigenvalue weighted by Gasteiger charge is -2.12. The topological polar surface area (TPSA) is 80.6 Å². The summed E-state index contributed by atoms with van der Waals surface area (Å²) in [4.78, 5) is 24.0. The maximum absolute atomic E-state index is 12.1. The van der Waals surface area contributed by atoms with Crippen molar-refractivity contribution < 1.29 is 18.7 Å². The molecule has 0 aliphatic rings. The third kappa shape index (κ3) is 3.88. The molecule has 2 N–H and O–H groups in total. The number of fused-ring (bicyclic) bond motifs is 1. The highest BCUT2D eigenvalue weighted by atomic mass is 79.9. The number of amides is 2. The SMILES string of the molecule is Cc1cccc(C)c1OCC(=O)NNC(=O)c1cc2cccc(Br)c2o1. The summed E-state index contributed by atoms with van der Waals surface area (Å²) < 4.78 is 11.8. The Morgan fingerprint density at radius 3 is 2.46 bits per heavy atom. The van der Waals surface area contributed by atoms with E-state index in [1.807, 2.05) is 50.2 Å². The predicted molar refractivity (Wildman–Crippen MR) is 101 cm³/mol. The normalized spacial score (nSPS) is 10.6. The second-order valence-electron chi connectivity index (χ2n) is 5.78. The molecule has 0 spiro atoms. The van der Waals surface area contributed by atoms with Gasteiger partial charge in [0.15, 0.2) is 12.4 Å². The Kier molecular flexibility index (Phi) is 5.27. The summed E-state index contributed by atoms with van der Waals surface area (Å²) >= 11 is 3.36. The maximum Gasteiger partial charge on any atom is 0.305 e. The molecule has 0 aliphatic heterocycles. The van der Waals surface area contributed by atoms with Crippen LogP contribution in [-0.4, -0.2) is 18.4 Å². The van der Waals surface area contributed by atoms with Crippen molar-refractivity contribution in [2.24, 2.45) is 0 Å². The van der Waals surface area contributed by atoms with Crippen LogP contribution in [-0.2, 0) is 4.79 Å². The number of aryl methyl sites for hydroxylation is 2. The van der Waals surface area contributed by atoms with Crippen LogP contribution in [0.3, 0.4) is 0 Å². The minimum Gasteiger partial charge on any atom is -0.483 e. The van der Waals surface area contributed by atoms with E-state index in [2.05, 4.69) is 26.8 Å². The van der Waals surface area contributed by atoms with Crippen LogP contribution < -0.4 is 15.6 Å². The largest absolute Gasteiger partial charge is 0.483 e. The maximum atomic E-state index is 12.1.